The van der Waals surface area contributed by atoms with E-state index in [2.05, 4.69) is 41.3 Å². The van der Waals surface area contributed by atoms with Gasteiger partial charge in [-0.1, -0.05) is 32.4 Å². The van der Waals surface area contributed by atoms with Gasteiger partial charge in [-0.2, -0.15) is 5.10 Å². The molecule has 102 valence electrons. The highest BCUT2D eigenvalue weighted by atomic mass is 35.5. The summed E-state index contributed by atoms with van der Waals surface area (Å²) < 4.78 is 0. The Kier molecular flexibility index (Phi) is 3.92. The minimum atomic E-state index is 0.0887. The topological polar surface area (TPSA) is 38.7 Å². The van der Waals surface area contributed by atoms with Gasteiger partial charge in [0, 0.05) is 17.2 Å². The van der Waals surface area contributed by atoms with Crippen LogP contribution >= 0.6 is 22.9 Å². The van der Waals surface area contributed by atoms with Crippen molar-refractivity contribution < 1.29 is 0 Å². The van der Waals surface area contributed by atoms with E-state index in [-0.39, 0.29) is 5.41 Å². The van der Waals surface area contributed by atoms with E-state index in [0.717, 1.165) is 33.9 Å². The number of aromatic nitrogens is 3. The Morgan fingerprint density at radius 2 is 1.84 bits per heavy atom. The van der Waals surface area contributed by atoms with Gasteiger partial charge >= 0.3 is 0 Å². The Bertz CT molecular complexity index is 599. The third kappa shape index (κ3) is 3.12. The van der Waals surface area contributed by atoms with Crippen molar-refractivity contribution in [2.45, 2.75) is 46.5 Å². The summed E-state index contributed by atoms with van der Waals surface area (Å²) in [5.74, 6) is 0. The lowest BCUT2D eigenvalue weighted by atomic mass is 9.93. The molecule has 0 atom stereocenters. The summed E-state index contributed by atoms with van der Waals surface area (Å²) >= 11 is 7.64. The second-order valence-electron chi connectivity index (χ2n) is 5.74. The first-order valence-electron chi connectivity index (χ1n) is 6.22. The molecule has 0 saturated heterocycles. The molecule has 2 rings (SSSR count). The molecule has 2 aromatic rings. The molecule has 0 spiro atoms. The zero-order valence-corrected chi connectivity index (χ0v) is 13.5. The highest BCUT2D eigenvalue weighted by molar-refractivity contribution is 7.09. The van der Waals surface area contributed by atoms with Crippen LogP contribution in [0.5, 0.6) is 0 Å². The predicted molar refractivity (Wildman–Crippen MR) is 80.1 cm³/mol. The van der Waals surface area contributed by atoms with Crippen LogP contribution in [0.15, 0.2) is 5.38 Å². The molecule has 0 aromatic carbocycles. The summed E-state index contributed by atoms with van der Waals surface area (Å²) in [5.41, 5.74) is 4.28. The van der Waals surface area contributed by atoms with E-state index < -0.39 is 0 Å². The normalized spacial score (nSPS) is 11.9. The Labute approximate surface area is 123 Å². The Hall–Kier alpha value is -1.00. The van der Waals surface area contributed by atoms with Crippen molar-refractivity contribution in [3.8, 4) is 0 Å². The average Bonchev–Trinajstić information content (AvgIpc) is 2.78. The van der Waals surface area contributed by atoms with Gasteiger partial charge in [0.15, 0.2) is 5.15 Å². The van der Waals surface area contributed by atoms with Crippen LogP contribution in [-0.4, -0.2) is 15.2 Å². The molecular formula is C14H18ClN3S. The number of halogens is 1. The van der Waals surface area contributed by atoms with Crippen LogP contribution < -0.4 is 0 Å². The van der Waals surface area contributed by atoms with E-state index in [1.165, 1.54) is 0 Å². The molecule has 0 amide bonds. The van der Waals surface area contributed by atoms with Gasteiger partial charge in [0.2, 0.25) is 0 Å². The summed E-state index contributed by atoms with van der Waals surface area (Å²) in [6.07, 6.45) is 0.720. The van der Waals surface area contributed by atoms with Crippen molar-refractivity contribution in [3.05, 3.63) is 38.1 Å². The maximum atomic E-state index is 5.97. The Morgan fingerprint density at radius 1 is 1.16 bits per heavy atom. The fourth-order valence-electron chi connectivity index (χ4n) is 1.67. The molecule has 0 unspecified atom stereocenters. The quantitative estimate of drug-likeness (QED) is 0.837. The van der Waals surface area contributed by atoms with Crippen LogP contribution in [0.25, 0.3) is 0 Å². The van der Waals surface area contributed by atoms with Gasteiger partial charge in [-0.25, -0.2) is 4.98 Å². The molecular weight excluding hydrogens is 278 g/mol. The van der Waals surface area contributed by atoms with E-state index in [9.17, 15) is 0 Å². The smallest absolute Gasteiger partial charge is 0.154 e. The molecule has 0 N–H and O–H groups in total. The van der Waals surface area contributed by atoms with Crippen molar-refractivity contribution in [2.75, 3.05) is 0 Å². The fraction of sp³-hybridized carbons (Fsp3) is 0.500. The highest BCUT2D eigenvalue weighted by Crippen LogP contribution is 2.26. The lowest BCUT2D eigenvalue weighted by Crippen LogP contribution is -2.11. The van der Waals surface area contributed by atoms with Crippen LogP contribution in [0.2, 0.25) is 5.15 Å². The molecule has 2 aromatic heterocycles. The molecule has 3 nitrogen and oxygen atoms in total. The molecule has 0 bridgehead atoms. The summed E-state index contributed by atoms with van der Waals surface area (Å²) in [4.78, 5) is 4.69. The first kappa shape index (κ1) is 14.4. The second-order valence-corrected chi connectivity index (χ2v) is 7.04. The summed E-state index contributed by atoms with van der Waals surface area (Å²) in [5, 5.41) is 11.9. The summed E-state index contributed by atoms with van der Waals surface area (Å²) in [6.45, 7) is 10.5. The van der Waals surface area contributed by atoms with Crippen LogP contribution in [-0.2, 0) is 11.8 Å². The lowest BCUT2D eigenvalue weighted by Gasteiger charge is -2.14. The fourth-order valence-corrected chi connectivity index (χ4v) is 2.88. The molecule has 0 saturated carbocycles. The highest BCUT2D eigenvalue weighted by Gasteiger charge is 2.18. The largest absolute Gasteiger partial charge is 0.245 e. The molecule has 0 fully saturated rings. The number of hydrogen-bond acceptors (Lipinski definition) is 4. The van der Waals surface area contributed by atoms with Crippen LogP contribution in [0.3, 0.4) is 0 Å². The van der Waals surface area contributed by atoms with E-state index in [1.54, 1.807) is 11.3 Å². The van der Waals surface area contributed by atoms with Gasteiger partial charge in [-0.15, -0.1) is 16.4 Å². The van der Waals surface area contributed by atoms with Crippen molar-refractivity contribution in [1.29, 1.82) is 0 Å². The van der Waals surface area contributed by atoms with Gasteiger partial charge in [-0.3, -0.25) is 0 Å². The number of hydrogen-bond donors (Lipinski definition) is 0. The van der Waals surface area contributed by atoms with Crippen molar-refractivity contribution in [3.63, 3.8) is 0 Å². The minimum Gasteiger partial charge on any atom is -0.245 e. The summed E-state index contributed by atoms with van der Waals surface area (Å²) in [6, 6.07) is 0. The minimum absolute atomic E-state index is 0.0887. The number of nitrogens with zero attached hydrogens (tertiary/aromatic N) is 3. The molecule has 0 aliphatic rings. The third-order valence-corrected chi connectivity index (χ3v) is 4.41. The molecule has 5 heteroatoms. The maximum Gasteiger partial charge on any atom is 0.154 e. The van der Waals surface area contributed by atoms with Gasteiger partial charge in [0.05, 0.1) is 16.4 Å². The SMILES string of the molecule is Cc1c(Cl)nnc(Cc2nc(C(C)(C)C)cs2)c1C. The molecule has 19 heavy (non-hydrogen) atoms. The van der Waals surface area contributed by atoms with Gasteiger partial charge in [-0.05, 0) is 25.0 Å². The number of rotatable bonds is 2. The molecule has 2 heterocycles. The van der Waals surface area contributed by atoms with Crippen LogP contribution in [0.4, 0.5) is 0 Å². The third-order valence-electron chi connectivity index (χ3n) is 3.20. The van der Waals surface area contributed by atoms with Crippen molar-refractivity contribution in [2.24, 2.45) is 0 Å². The van der Waals surface area contributed by atoms with E-state index in [1.807, 2.05) is 13.8 Å². The van der Waals surface area contributed by atoms with Crippen LogP contribution in [0, 0.1) is 13.8 Å². The molecule has 0 aliphatic carbocycles. The van der Waals surface area contributed by atoms with Crippen LogP contribution in [0.1, 0.15) is 48.3 Å². The molecule has 0 radical (unpaired) electrons. The second kappa shape index (κ2) is 5.17. The van der Waals surface area contributed by atoms with Crippen molar-refractivity contribution in [1.82, 2.24) is 15.2 Å². The lowest BCUT2D eigenvalue weighted by molar-refractivity contribution is 0.571. The standard InChI is InChI=1S/C14H18ClN3S/c1-8-9(2)13(15)18-17-10(8)6-12-16-11(7-19-12)14(3,4)5/h7H,6H2,1-5H3. The van der Waals surface area contributed by atoms with E-state index in [4.69, 9.17) is 11.6 Å². The number of thiazole rings is 1. The zero-order chi connectivity index (χ0) is 14.2. The first-order chi connectivity index (χ1) is 8.79. The average molecular weight is 296 g/mol. The Morgan fingerprint density at radius 3 is 2.42 bits per heavy atom. The predicted octanol–water partition coefficient (Wildman–Crippen LogP) is 4.09. The van der Waals surface area contributed by atoms with Gasteiger partial charge < -0.3 is 0 Å². The van der Waals surface area contributed by atoms with E-state index in [0.29, 0.717) is 5.15 Å². The van der Waals surface area contributed by atoms with Gasteiger partial charge in [0.25, 0.3) is 0 Å². The van der Waals surface area contributed by atoms with Gasteiger partial charge in [0.1, 0.15) is 0 Å². The van der Waals surface area contributed by atoms with E-state index >= 15 is 0 Å². The van der Waals surface area contributed by atoms with Crippen molar-refractivity contribution >= 4 is 22.9 Å². The maximum absolute atomic E-state index is 5.97. The molecule has 0 aliphatic heterocycles. The first-order valence-corrected chi connectivity index (χ1v) is 7.48. The zero-order valence-electron chi connectivity index (χ0n) is 11.9. The summed E-state index contributed by atoms with van der Waals surface area (Å²) in [7, 11) is 0. The monoisotopic (exact) mass is 295 g/mol. The Balaban J connectivity index is 2.27.